The zero-order valence-corrected chi connectivity index (χ0v) is 11.9. The summed E-state index contributed by atoms with van der Waals surface area (Å²) >= 11 is 9.31. The molecular weight excluding hydrogens is 302 g/mol. The number of halogens is 2. The summed E-state index contributed by atoms with van der Waals surface area (Å²) in [6.07, 6.45) is 3.56. The molecule has 0 heterocycles. The molecule has 2 rings (SSSR count). The normalized spacial score (nSPS) is 16.6. The molecule has 1 fully saturated rings. The molecule has 92 valence electrons. The molecule has 0 bridgehead atoms. The Kier molecular flexibility index (Phi) is 4.10. The van der Waals surface area contributed by atoms with E-state index >= 15 is 0 Å². The minimum atomic E-state index is -0.0339. The average Bonchev–Trinajstić information content (AvgIpc) is 3.07. The lowest BCUT2D eigenvalue weighted by atomic mass is 10.0. The summed E-state index contributed by atoms with van der Waals surface area (Å²) in [5, 5.41) is 4.59. The lowest BCUT2D eigenvalue weighted by Crippen LogP contribution is -2.30. The maximum atomic E-state index is 11.9. The van der Waals surface area contributed by atoms with Gasteiger partial charge in [-0.1, -0.05) is 33.6 Å². The van der Waals surface area contributed by atoms with E-state index in [0.29, 0.717) is 16.0 Å². The lowest BCUT2D eigenvalue weighted by Gasteiger charge is -2.14. The molecule has 0 aliphatic heterocycles. The number of benzene rings is 1. The number of amides is 1. The van der Waals surface area contributed by atoms with Gasteiger partial charge in [0.15, 0.2) is 0 Å². The summed E-state index contributed by atoms with van der Waals surface area (Å²) in [6.45, 7) is 0.768. The zero-order valence-electron chi connectivity index (χ0n) is 9.51. The van der Waals surface area contributed by atoms with Gasteiger partial charge >= 0.3 is 0 Å². The fourth-order valence-corrected chi connectivity index (χ4v) is 2.92. The maximum absolute atomic E-state index is 11.9. The predicted molar refractivity (Wildman–Crippen MR) is 73.9 cm³/mol. The van der Waals surface area contributed by atoms with Crippen LogP contribution in [0.15, 0.2) is 24.3 Å². The number of carbonyl (C=O) groups excluding carboxylic acids is 1. The summed E-state index contributed by atoms with van der Waals surface area (Å²) in [5.41, 5.74) is 0.977. The zero-order chi connectivity index (χ0) is 12.3. The number of alkyl halides is 1. The van der Waals surface area contributed by atoms with Crippen molar-refractivity contribution < 1.29 is 4.79 Å². The lowest BCUT2D eigenvalue weighted by molar-refractivity contribution is 0.0944. The standard InChI is InChI=1S/C13H15BrClNO/c14-7-6-13(4-5-13)9-16-12(17)10-2-1-3-11(15)8-10/h1-3,8H,4-7,9H2,(H,16,17). The first-order valence-corrected chi connectivity index (χ1v) is 7.25. The molecule has 1 saturated carbocycles. The van der Waals surface area contributed by atoms with Gasteiger partial charge in [-0.3, -0.25) is 4.79 Å². The number of hydrogen-bond donors (Lipinski definition) is 1. The summed E-state index contributed by atoms with van der Waals surface area (Å²) < 4.78 is 0. The van der Waals surface area contributed by atoms with Crippen LogP contribution in [-0.2, 0) is 0 Å². The largest absolute Gasteiger partial charge is 0.351 e. The molecule has 1 N–H and O–H groups in total. The van der Waals surface area contributed by atoms with Crippen LogP contribution in [0, 0.1) is 5.41 Å². The van der Waals surface area contributed by atoms with Crippen molar-refractivity contribution in [2.45, 2.75) is 19.3 Å². The Bertz CT molecular complexity index is 418. The van der Waals surface area contributed by atoms with E-state index in [2.05, 4.69) is 21.2 Å². The Hall–Kier alpha value is -0.540. The molecule has 17 heavy (non-hydrogen) atoms. The van der Waals surface area contributed by atoms with Crippen molar-refractivity contribution in [2.24, 2.45) is 5.41 Å². The number of hydrogen-bond acceptors (Lipinski definition) is 1. The van der Waals surface area contributed by atoms with E-state index in [1.165, 1.54) is 12.8 Å². The molecule has 2 nitrogen and oxygen atoms in total. The Labute approximate surface area is 115 Å². The molecule has 1 aliphatic rings. The second-order valence-electron chi connectivity index (χ2n) is 4.63. The molecule has 1 aromatic carbocycles. The predicted octanol–water partition coefficient (Wildman–Crippen LogP) is 3.64. The first kappa shape index (κ1) is 12.9. The summed E-state index contributed by atoms with van der Waals surface area (Å²) in [5.74, 6) is -0.0339. The highest BCUT2D eigenvalue weighted by Crippen LogP contribution is 2.48. The Morgan fingerprint density at radius 2 is 2.24 bits per heavy atom. The summed E-state index contributed by atoms with van der Waals surface area (Å²) in [7, 11) is 0. The molecule has 1 aliphatic carbocycles. The molecule has 0 radical (unpaired) electrons. The first-order valence-electron chi connectivity index (χ1n) is 5.75. The molecule has 1 amide bonds. The van der Waals surface area contributed by atoms with Crippen LogP contribution in [0.4, 0.5) is 0 Å². The van der Waals surface area contributed by atoms with Gasteiger partial charge < -0.3 is 5.32 Å². The topological polar surface area (TPSA) is 29.1 Å². The summed E-state index contributed by atoms with van der Waals surface area (Å²) in [6, 6.07) is 7.04. The van der Waals surface area contributed by atoms with Crippen molar-refractivity contribution in [1.82, 2.24) is 5.32 Å². The molecule has 0 unspecified atom stereocenters. The minimum Gasteiger partial charge on any atom is -0.351 e. The van der Waals surface area contributed by atoms with Crippen LogP contribution >= 0.6 is 27.5 Å². The second-order valence-corrected chi connectivity index (χ2v) is 5.86. The van der Waals surface area contributed by atoms with Gasteiger partial charge in [0.1, 0.15) is 0 Å². The third kappa shape index (κ3) is 3.46. The monoisotopic (exact) mass is 315 g/mol. The molecule has 1 aromatic rings. The Balaban J connectivity index is 1.90. The third-order valence-corrected chi connectivity index (χ3v) is 3.92. The highest BCUT2D eigenvalue weighted by molar-refractivity contribution is 9.09. The van der Waals surface area contributed by atoms with E-state index in [1.54, 1.807) is 24.3 Å². The van der Waals surface area contributed by atoms with Crippen LogP contribution in [0.2, 0.25) is 5.02 Å². The summed E-state index contributed by atoms with van der Waals surface area (Å²) in [4.78, 5) is 11.9. The number of rotatable bonds is 5. The van der Waals surface area contributed by atoms with Crippen molar-refractivity contribution in [3.8, 4) is 0 Å². The van der Waals surface area contributed by atoms with Crippen LogP contribution in [0.25, 0.3) is 0 Å². The fourth-order valence-electron chi connectivity index (χ4n) is 1.89. The van der Waals surface area contributed by atoms with E-state index in [4.69, 9.17) is 11.6 Å². The highest BCUT2D eigenvalue weighted by atomic mass is 79.9. The first-order chi connectivity index (χ1) is 8.15. The van der Waals surface area contributed by atoms with Crippen molar-refractivity contribution >= 4 is 33.4 Å². The molecule has 0 saturated heterocycles. The second kappa shape index (κ2) is 5.40. The number of nitrogens with one attached hydrogen (secondary N) is 1. The van der Waals surface area contributed by atoms with Crippen LogP contribution in [0.3, 0.4) is 0 Å². The van der Waals surface area contributed by atoms with Crippen molar-refractivity contribution in [3.63, 3.8) is 0 Å². The van der Waals surface area contributed by atoms with E-state index in [1.807, 2.05) is 0 Å². The van der Waals surface area contributed by atoms with Crippen LogP contribution < -0.4 is 5.32 Å². The average molecular weight is 317 g/mol. The molecule has 0 aromatic heterocycles. The molecule has 0 atom stereocenters. The van der Waals surface area contributed by atoms with Crippen molar-refractivity contribution in [1.29, 1.82) is 0 Å². The van der Waals surface area contributed by atoms with Gasteiger partial charge in [0.05, 0.1) is 0 Å². The third-order valence-electron chi connectivity index (χ3n) is 3.29. The van der Waals surface area contributed by atoms with E-state index in [0.717, 1.165) is 18.3 Å². The quantitative estimate of drug-likeness (QED) is 0.826. The maximum Gasteiger partial charge on any atom is 0.251 e. The van der Waals surface area contributed by atoms with Gasteiger partial charge in [-0.2, -0.15) is 0 Å². The fraction of sp³-hybridized carbons (Fsp3) is 0.462. The van der Waals surface area contributed by atoms with Crippen LogP contribution in [0.5, 0.6) is 0 Å². The SMILES string of the molecule is O=C(NCC1(CCBr)CC1)c1cccc(Cl)c1. The van der Waals surface area contributed by atoms with E-state index in [-0.39, 0.29) is 5.91 Å². The van der Waals surface area contributed by atoms with Gasteiger partial charge in [-0.15, -0.1) is 0 Å². The van der Waals surface area contributed by atoms with Gasteiger partial charge in [0, 0.05) is 22.5 Å². The van der Waals surface area contributed by atoms with Gasteiger partial charge in [0.2, 0.25) is 0 Å². The van der Waals surface area contributed by atoms with Crippen molar-refractivity contribution in [2.75, 3.05) is 11.9 Å². The van der Waals surface area contributed by atoms with Crippen LogP contribution in [-0.4, -0.2) is 17.8 Å². The van der Waals surface area contributed by atoms with Gasteiger partial charge in [0.25, 0.3) is 5.91 Å². The molecular formula is C13H15BrClNO. The van der Waals surface area contributed by atoms with Crippen molar-refractivity contribution in [3.05, 3.63) is 34.9 Å². The molecule has 4 heteroatoms. The van der Waals surface area contributed by atoms with E-state index < -0.39 is 0 Å². The smallest absolute Gasteiger partial charge is 0.251 e. The Morgan fingerprint density at radius 1 is 1.47 bits per heavy atom. The minimum absolute atomic E-state index is 0.0339. The van der Waals surface area contributed by atoms with Crippen LogP contribution in [0.1, 0.15) is 29.6 Å². The number of carbonyl (C=O) groups is 1. The van der Waals surface area contributed by atoms with Gasteiger partial charge in [-0.05, 0) is 42.9 Å². The molecule has 0 spiro atoms. The van der Waals surface area contributed by atoms with Gasteiger partial charge in [-0.25, -0.2) is 0 Å². The Morgan fingerprint density at radius 3 is 2.82 bits per heavy atom. The van der Waals surface area contributed by atoms with E-state index in [9.17, 15) is 4.79 Å². The highest BCUT2D eigenvalue weighted by Gasteiger charge is 2.41.